The van der Waals surface area contributed by atoms with Crippen LogP contribution in [0.15, 0.2) is 5.38 Å². The number of nitrogens with zero attached hydrogens (tertiary/aromatic N) is 1. The van der Waals surface area contributed by atoms with Gasteiger partial charge in [0.1, 0.15) is 5.69 Å². The zero-order valence-corrected chi connectivity index (χ0v) is 8.22. The van der Waals surface area contributed by atoms with E-state index >= 15 is 0 Å². The summed E-state index contributed by atoms with van der Waals surface area (Å²) in [5.41, 5.74) is 0.223. The van der Waals surface area contributed by atoms with Crippen LogP contribution in [0, 0.1) is 0 Å². The maximum Gasteiger partial charge on any atom is 0.410 e. The van der Waals surface area contributed by atoms with Gasteiger partial charge in [0.25, 0.3) is 5.91 Å². The van der Waals surface area contributed by atoms with Crippen LogP contribution in [0.4, 0.5) is 9.93 Å². The van der Waals surface area contributed by atoms with Crippen molar-refractivity contribution in [3.63, 3.8) is 0 Å². The van der Waals surface area contributed by atoms with Crippen molar-refractivity contribution >= 4 is 28.5 Å². The van der Waals surface area contributed by atoms with Gasteiger partial charge in [-0.15, -0.1) is 11.3 Å². The highest BCUT2D eigenvalue weighted by molar-refractivity contribution is 7.14. The maximum absolute atomic E-state index is 11.2. The van der Waals surface area contributed by atoms with Gasteiger partial charge in [-0.1, -0.05) is 0 Å². The third-order valence-corrected chi connectivity index (χ3v) is 2.05. The molecule has 0 unspecified atom stereocenters. The molecule has 2 amide bonds. The van der Waals surface area contributed by atoms with Gasteiger partial charge in [-0.05, 0) is 6.92 Å². The third-order valence-electron chi connectivity index (χ3n) is 1.29. The molecule has 0 saturated carbocycles. The Bertz CT molecular complexity index is 350. The maximum atomic E-state index is 11.2. The summed E-state index contributed by atoms with van der Waals surface area (Å²) < 4.78 is 0. The van der Waals surface area contributed by atoms with Gasteiger partial charge in [0.05, 0.1) is 0 Å². The van der Waals surface area contributed by atoms with E-state index in [2.05, 4.69) is 15.6 Å². The SMILES string of the molecule is CCNC(=O)c1csc(NC(=O)O)n1. The molecule has 0 fully saturated rings. The average Bonchev–Trinajstić information content (AvgIpc) is 2.52. The Morgan fingerprint density at radius 2 is 2.36 bits per heavy atom. The summed E-state index contributed by atoms with van der Waals surface area (Å²) in [4.78, 5) is 25.2. The van der Waals surface area contributed by atoms with Gasteiger partial charge in [0, 0.05) is 11.9 Å². The molecule has 0 radical (unpaired) electrons. The standard InChI is InChI=1S/C7H9N3O3S/c1-2-8-5(11)4-3-14-6(9-4)10-7(12)13/h3H,2H2,1H3,(H,8,11)(H,9,10)(H,12,13). The van der Waals surface area contributed by atoms with Crippen LogP contribution in [0.1, 0.15) is 17.4 Å². The van der Waals surface area contributed by atoms with E-state index in [1.54, 1.807) is 6.92 Å². The van der Waals surface area contributed by atoms with Gasteiger partial charge in [0.2, 0.25) is 0 Å². The molecule has 1 rings (SSSR count). The summed E-state index contributed by atoms with van der Waals surface area (Å²) in [6, 6.07) is 0. The van der Waals surface area contributed by atoms with E-state index < -0.39 is 6.09 Å². The van der Waals surface area contributed by atoms with Crippen molar-refractivity contribution in [1.29, 1.82) is 0 Å². The minimum Gasteiger partial charge on any atom is -0.465 e. The normalized spacial score (nSPS) is 9.50. The Labute approximate surface area is 84.0 Å². The number of amides is 2. The van der Waals surface area contributed by atoms with Gasteiger partial charge in [-0.25, -0.2) is 9.78 Å². The molecule has 14 heavy (non-hydrogen) atoms. The number of anilines is 1. The topological polar surface area (TPSA) is 91.3 Å². The smallest absolute Gasteiger partial charge is 0.410 e. The van der Waals surface area contributed by atoms with Gasteiger partial charge >= 0.3 is 6.09 Å². The van der Waals surface area contributed by atoms with Crippen LogP contribution >= 0.6 is 11.3 Å². The van der Waals surface area contributed by atoms with E-state index in [-0.39, 0.29) is 16.7 Å². The van der Waals surface area contributed by atoms with E-state index in [0.717, 1.165) is 11.3 Å². The highest BCUT2D eigenvalue weighted by atomic mass is 32.1. The lowest BCUT2D eigenvalue weighted by Crippen LogP contribution is -2.23. The Morgan fingerprint density at radius 3 is 2.93 bits per heavy atom. The van der Waals surface area contributed by atoms with Crippen LogP contribution in [0.2, 0.25) is 0 Å². The molecule has 0 bridgehead atoms. The van der Waals surface area contributed by atoms with E-state index in [4.69, 9.17) is 5.11 Å². The second-order valence-electron chi connectivity index (χ2n) is 2.33. The highest BCUT2D eigenvalue weighted by Crippen LogP contribution is 2.14. The predicted molar refractivity (Wildman–Crippen MR) is 51.8 cm³/mol. The van der Waals surface area contributed by atoms with Crippen molar-refractivity contribution in [1.82, 2.24) is 10.3 Å². The summed E-state index contributed by atoms with van der Waals surface area (Å²) in [7, 11) is 0. The Morgan fingerprint density at radius 1 is 1.64 bits per heavy atom. The summed E-state index contributed by atoms with van der Waals surface area (Å²) >= 11 is 1.07. The summed E-state index contributed by atoms with van der Waals surface area (Å²) in [6.07, 6.45) is -1.19. The molecule has 0 aliphatic carbocycles. The Kier molecular flexibility index (Phi) is 3.41. The van der Waals surface area contributed by atoms with Crippen LogP contribution in [-0.2, 0) is 0 Å². The number of carboxylic acid groups (broad SMARTS) is 1. The van der Waals surface area contributed by atoms with Crippen LogP contribution in [-0.4, -0.2) is 28.6 Å². The second kappa shape index (κ2) is 4.56. The van der Waals surface area contributed by atoms with Crippen molar-refractivity contribution in [2.24, 2.45) is 0 Å². The largest absolute Gasteiger partial charge is 0.465 e. The van der Waals surface area contributed by atoms with Crippen LogP contribution in [0.5, 0.6) is 0 Å². The van der Waals surface area contributed by atoms with Crippen molar-refractivity contribution in [3.8, 4) is 0 Å². The molecular weight excluding hydrogens is 206 g/mol. The number of aromatic nitrogens is 1. The zero-order valence-electron chi connectivity index (χ0n) is 7.40. The van der Waals surface area contributed by atoms with E-state index in [1.807, 2.05) is 0 Å². The van der Waals surface area contributed by atoms with Crippen molar-refractivity contribution in [2.75, 3.05) is 11.9 Å². The predicted octanol–water partition coefficient (Wildman–Crippen LogP) is 0.983. The van der Waals surface area contributed by atoms with Crippen LogP contribution < -0.4 is 10.6 Å². The zero-order chi connectivity index (χ0) is 10.6. The molecular formula is C7H9N3O3S. The Hall–Kier alpha value is -1.63. The first-order valence-electron chi connectivity index (χ1n) is 3.87. The van der Waals surface area contributed by atoms with Gasteiger partial charge < -0.3 is 10.4 Å². The summed E-state index contributed by atoms with van der Waals surface area (Å²) in [6.45, 7) is 2.30. The lowest BCUT2D eigenvalue weighted by Gasteiger charge is -1.96. The molecule has 1 aromatic heterocycles. The highest BCUT2D eigenvalue weighted by Gasteiger charge is 2.10. The summed E-state index contributed by atoms with van der Waals surface area (Å²) in [5, 5.41) is 14.7. The fourth-order valence-corrected chi connectivity index (χ4v) is 1.46. The molecule has 0 aliphatic heterocycles. The number of carbonyl (C=O) groups excluding carboxylic acids is 1. The number of rotatable bonds is 3. The molecule has 6 nitrogen and oxygen atoms in total. The summed E-state index contributed by atoms with van der Waals surface area (Å²) in [5.74, 6) is -0.304. The quantitative estimate of drug-likeness (QED) is 0.701. The molecule has 0 spiro atoms. The van der Waals surface area contributed by atoms with E-state index in [1.165, 1.54) is 5.38 Å². The number of carbonyl (C=O) groups is 2. The molecule has 76 valence electrons. The van der Waals surface area contributed by atoms with Crippen LogP contribution in [0.3, 0.4) is 0 Å². The molecule has 0 aliphatic rings. The van der Waals surface area contributed by atoms with E-state index in [9.17, 15) is 9.59 Å². The average molecular weight is 215 g/mol. The molecule has 1 aromatic rings. The molecule has 3 N–H and O–H groups in total. The van der Waals surface area contributed by atoms with E-state index in [0.29, 0.717) is 6.54 Å². The van der Waals surface area contributed by atoms with Gasteiger partial charge in [-0.3, -0.25) is 10.1 Å². The fourth-order valence-electron chi connectivity index (χ4n) is 0.778. The fraction of sp³-hybridized carbons (Fsp3) is 0.286. The second-order valence-corrected chi connectivity index (χ2v) is 3.19. The number of nitrogens with one attached hydrogen (secondary N) is 2. The molecule has 0 atom stereocenters. The molecule has 0 aromatic carbocycles. The number of hydrogen-bond acceptors (Lipinski definition) is 4. The van der Waals surface area contributed by atoms with Gasteiger partial charge in [0.15, 0.2) is 5.13 Å². The number of hydrogen-bond donors (Lipinski definition) is 3. The minimum absolute atomic E-state index is 0.193. The third kappa shape index (κ3) is 2.70. The van der Waals surface area contributed by atoms with Crippen molar-refractivity contribution < 1.29 is 14.7 Å². The lowest BCUT2D eigenvalue weighted by atomic mass is 10.4. The molecule has 0 saturated heterocycles. The Balaban J connectivity index is 2.67. The van der Waals surface area contributed by atoms with Crippen molar-refractivity contribution in [2.45, 2.75) is 6.92 Å². The lowest BCUT2D eigenvalue weighted by molar-refractivity contribution is 0.0951. The first-order valence-corrected chi connectivity index (χ1v) is 4.75. The van der Waals surface area contributed by atoms with Crippen molar-refractivity contribution in [3.05, 3.63) is 11.1 Å². The monoisotopic (exact) mass is 215 g/mol. The van der Waals surface area contributed by atoms with Crippen LogP contribution in [0.25, 0.3) is 0 Å². The molecule has 1 heterocycles. The van der Waals surface area contributed by atoms with Gasteiger partial charge in [-0.2, -0.15) is 0 Å². The molecule has 7 heteroatoms. The number of thiazole rings is 1. The first kappa shape index (κ1) is 10.5. The first-order chi connectivity index (χ1) is 6.63. The minimum atomic E-state index is -1.19.